The number of hydrogen-bond acceptors (Lipinski definition) is 3. The molecule has 1 aliphatic rings. The highest BCUT2D eigenvalue weighted by atomic mass is 79.9. The Morgan fingerprint density at radius 1 is 1.10 bits per heavy atom. The Labute approximate surface area is 183 Å². The summed E-state index contributed by atoms with van der Waals surface area (Å²) in [5.41, 5.74) is 3.49. The van der Waals surface area contributed by atoms with Gasteiger partial charge in [0.25, 0.3) is 0 Å². The minimum absolute atomic E-state index is 0.130. The van der Waals surface area contributed by atoms with Gasteiger partial charge in [-0.05, 0) is 48.9 Å². The Bertz CT molecular complexity index is 1090. The molecule has 0 bridgehead atoms. The Morgan fingerprint density at radius 3 is 2.67 bits per heavy atom. The first-order valence-electron chi connectivity index (χ1n) is 9.84. The lowest BCUT2D eigenvalue weighted by atomic mass is 9.97. The largest absolute Gasteiger partial charge is 0.504 e. The molecule has 4 nitrogen and oxygen atoms in total. The third kappa shape index (κ3) is 4.35. The first-order valence-corrected chi connectivity index (χ1v) is 10.6. The van der Waals surface area contributed by atoms with Crippen molar-refractivity contribution >= 4 is 21.6 Å². The third-order valence-electron chi connectivity index (χ3n) is 5.09. The van der Waals surface area contributed by atoms with Crippen molar-refractivity contribution in [1.29, 1.82) is 0 Å². The fraction of sp³-hybridized carbons (Fsp3) is 0.167. The van der Waals surface area contributed by atoms with Crippen LogP contribution in [-0.4, -0.2) is 11.7 Å². The molecule has 2 atom stereocenters. The minimum atomic E-state index is -0.279. The van der Waals surface area contributed by atoms with E-state index in [1.807, 2.05) is 49.4 Å². The van der Waals surface area contributed by atoms with Crippen LogP contribution >= 0.6 is 15.9 Å². The normalized spacial score (nSPS) is 18.4. The van der Waals surface area contributed by atoms with Crippen LogP contribution in [0.5, 0.6) is 11.5 Å². The van der Waals surface area contributed by atoms with Gasteiger partial charge in [0.2, 0.25) is 0 Å². The number of hydrogen-bond donors (Lipinski definition) is 3. The van der Waals surface area contributed by atoms with E-state index in [1.165, 1.54) is 12.1 Å². The van der Waals surface area contributed by atoms with Crippen molar-refractivity contribution in [3.63, 3.8) is 0 Å². The van der Waals surface area contributed by atoms with Crippen LogP contribution in [-0.2, 0) is 0 Å². The van der Waals surface area contributed by atoms with Crippen molar-refractivity contribution in [3.05, 3.63) is 99.8 Å². The van der Waals surface area contributed by atoms with E-state index in [4.69, 9.17) is 4.74 Å². The Kier molecular flexibility index (Phi) is 6.06. The van der Waals surface area contributed by atoms with Gasteiger partial charge in [0, 0.05) is 21.8 Å². The van der Waals surface area contributed by atoms with Crippen LogP contribution in [0.4, 0.5) is 4.39 Å². The molecule has 154 valence electrons. The molecule has 2 unspecified atom stereocenters. The Morgan fingerprint density at radius 2 is 1.90 bits per heavy atom. The van der Waals surface area contributed by atoms with E-state index in [1.54, 1.807) is 12.1 Å². The van der Waals surface area contributed by atoms with E-state index in [0.29, 0.717) is 12.4 Å². The monoisotopic (exact) mass is 469 g/mol. The van der Waals surface area contributed by atoms with Gasteiger partial charge in [-0.3, -0.25) is 0 Å². The molecule has 0 spiro atoms. The average molecular weight is 470 g/mol. The summed E-state index contributed by atoms with van der Waals surface area (Å²) >= 11 is 3.53. The Balaban J connectivity index is 1.78. The zero-order chi connectivity index (χ0) is 21.1. The molecule has 0 saturated heterocycles. The van der Waals surface area contributed by atoms with Gasteiger partial charge in [0.15, 0.2) is 17.7 Å². The Hall–Kier alpha value is -2.83. The molecule has 0 aromatic heterocycles. The van der Waals surface area contributed by atoms with E-state index in [9.17, 15) is 9.50 Å². The summed E-state index contributed by atoms with van der Waals surface area (Å²) < 4.78 is 20.4. The molecule has 0 amide bonds. The van der Waals surface area contributed by atoms with Crippen molar-refractivity contribution in [1.82, 2.24) is 5.32 Å². The lowest BCUT2D eigenvalue weighted by Gasteiger charge is -2.30. The molecule has 30 heavy (non-hydrogen) atoms. The molecule has 0 aliphatic carbocycles. The van der Waals surface area contributed by atoms with Gasteiger partial charge in [-0.1, -0.05) is 46.3 Å². The first-order chi connectivity index (χ1) is 14.5. The summed E-state index contributed by atoms with van der Waals surface area (Å²) in [4.78, 5) is 0. The molecule has 1 aliphatic heterocycles. The number of halogens is 2. The van der Waals surface area contributed by atoms with Gasteiger partial charge < -0.3 is 20.5 Å². The molecule has 3 aromatic carbocycles. The summed E-state index contributed by atoms with van der Waals surface area (Å²) in [6.45, 7) is 2.35. The molecule has 6 heteroatoms. The van der Waals surface area contributed by atoms with E-state index >= 15 is 0 Å². The molecule has 0 saturated carbocycles. The number of rotatable bonds is 5. The van der Waals surface area contributed by atoms with Gasteiger partial charge >= 0.3 is 0 Å². The highest BCUT2D eigenvalue weighted by Crippen LogP contribution is 2.35. The molecule has 0 radical (unpaired) electrons. The molecular weight excluding hydrogens is 447 g/mol. The summed E-state index contributed by atoms with van der Waals surface area (Å²) in [5, 5.41) is 16.4. The number of ether oxygens (including phenoxy) is 1. The van der Waals surface area contributed by atoms with Gasteiger partial charge in [-0.2, -0.15) is 0 Å². The second-order valence-electron chi connectivity index (χ2n) is 7.11. The number of nitrogens with one attached hydrogen (secondary N) is 1. The topological polar surface area (TPSA) is 58.1 Å². The summed E-state index contributed by atoms with van der Waals surface area (Å²) in [6.07, 6.45) is 1.85. The first kappa shape index (κ1) is 20.4. The van der Waals surface area contributed by atoms with E-state index in [-0.39, 0.29) is 23.8 Å². The number of nitrogens with two attached hydrogens (primary N) is 1. The van der Waals surface area contributed by atoms with Crippen LogP contribution in [0.25, 0.3) is 5.70 Å². The van der Waals surface area contributed by atoms with Crippen molar-refractivity contribution < 1.29 is 19.6 Å². The molecular formula is C24H23BrFN2O2+. The fourth-order valence-electron chi connectivity index (χ4n) is 3.71. The molecule has 4 rings (SSSR count). The van der Waals surface area contributed by atoms with Gasteiger partial charge in [-0.15, -0.1) is 0 Å². The smallest absolute Gasteiger partial charge is 0.186 e. The second kappa shape index (κ2) is 8.90. The fourth-order valence-corrected chi connectivity index (χ4v) is 4.11. The lowest BCUT2D eigenvalue weighted by molar-refractivity contribution is -0.731. The molecule has 3 aromatic rings. The predicted molar refractivity (Wildman–Crippen MR) is 118 cm³/mol. The summed E-state index contributed by atoms with van der Waals surface area (Å²) in [7, 11) is 0. The molecule has 4 N–H and O–H groups in total. The highest BCUT2D eigenvalue weighted by molar-refractivity contribution is 9.10. The van der Waals surface area contributed by atoms with Crippen molar-refractivity contribution in [3.8, 4) is 11.5 Å². The lowest BCUT2D eigenvalue weighted by Crippen LogP contribution is -2.89. The number of benzene rings is 3. The van der Waals surface area contributed by atoms with Crippen molar-refractivity contribution in [2.24, 2.45) is 0 Å². The number of phenolic OH excluding ortho intramolecular Hbond substituents is 1. The van der Waals surface area contributed by atoms with Crippen molar-refractivity contribution in [2.75, 3.05) is 6.61 Å². The standard InChI is InChI=1S/C24H22BrFN2O2/c1-2-30-22-11-5-10-19(23(22)29)21-14-20(15-6-3-8-17(25)12-15)27-24(28-21)16-7-4-9-18(26)13-16/h3-14,21,24,27-29H,2H2,1H3/p+1. The second-order valence-corrected chi connectivity index (χ2v) is 8.03. The summed E-state index contributed by atoms with van der Waals surface area (Å²) in [6, 6.07) is 19.9. The van der Waals surface area contributed by atoms with E-state index in [2.05, 4.69) is 32.6 Å². The maximum atomic E-state index is 13.9. The minimum Gasteiger partial charge on any atom is -0.504 e. The van der Waals surface area contributed by atoms with E-state index < -0.39 is 0 Å². The van der Waals surface area contributed by atoms with Gasteiger partial charge in [-0.25, -0.2) is 4.39 Å². The molecule has 0 fully saturated rings. The SMILES string of the molecule is CCOc1cccc(C2C=C(c3cccc(Br)c3)NC(c3cccc(F)c3)[NH2+]2)c1O. The van der Waals surface area contributed by atoms with Crippen LogP contribution in [0.15, 0.2) is 77.3 Å². The average Bonchev–Trinajstić information content (AvgIpc) is 2.75. The van der Waals surface area contributed by atoms with E-state index in [0.717, 1.165) is 26.9 Å². The van der Waals surface area contributed by atoms with Crippen molar-refractivity contribution in [2.45, 2.75) is 19.1 Å². The number of para-hydroxylation sites is 1. The summed E-state index contributed by atoms with van der Waals surface area (Å²) in [5.74, 6) is 0.311. The maximum absolute atomic E-state index is 13.9. The quantitative estimate of drug-likeness (QED) is 0.510. The van der Waals surface area contributed by atoms with Crippen LogP contribution in [0.2, 0.25) is 0 Å². The molecule has 1 heterocycles. The van der Waals surface area contributed by atoms with Gasteiger partial charge in [0.05, 0.1) is 12.2 Å². The third-order valence-corrected chi connectivity index (χ3v) is 5.58. The maximum Gasteiger partial charge on any atom is 0.186 e. The van der Waals surface area contributed by atoms with Crippen LogP contribution < -0.4 is 15.4 Å². The van der Waals surface area contributed by atoms with Crippen LogP contribution in [0.3, 0.4) is 0 Å². The highest BCUT2D eigenvalue weighted by Gasteiger charge is 2.30. The predicted octanol–water partition coefficient (Wildman–Crippen LogP) is 4.64. The number of quaternary nitrogens is 1. The number of phenols is 1. The zero-order valence-electron chi connectivity index (χ0n) is 16.5. The van der Waals surface area contributed by atoms with Gasteiger partial charge in [0.1, 0.15) is 11.9 Å². The van der Waals surface area contributed by atoms with Crippen LogP contribution in [0.1, 0.15) is 35.8 Å². The zero-order valence-corrected chi connectivity index (χ0v) is 18.1. The van der Waals surface area contributed by atoms with Crippen LogP contribution in [0, 0.1) is 5.82 Å². The number of aromatic hydroxyl groups is 1.